The summed E-state index contributed by atoms with van der Waals surface area (Å²) >= 11 is 8.93. The van der Waals surface area contributed by atoms with Crippen molar-refractivity contribution in [3.8, 4) is 0 Å². The summed E-state index contributed by atoms with van der Waals surface area (Å²) in [6, 6.07) is 2.40. The number of benzene rings is 1. The standard InChI is InChI=1S/C11H13BrClNO4S/c1-6(2)5-18-11(15)7-3-10(19(14,16)17)8(12)4-9(7)13/h3-4,6H,5H2,1-2H3,(H2,14,16,17). The van der Waals surface area contributed by atoms with E-state index in [0.29, 0.717) is 0 Å². The van der Waals surface area contributed by atoms with Crippen LogP contribution in [0.25, 0.3) is 0 Å². The summed E-state index contributed by atoms with van der Waals surface area (Å²) < 4.78 is 27.9. The lowest BCUT2D eigenvalue weighted by Crippen LogP contribution is -2.15. The number of ether oxygens (including phenoxy) is 1. The second-order valence-corrected chi connectivity index (χ2v) is 7.09. The molecule has 1 rings (SSSR count). The zero-order chi connectivity index (χ0) is 14.8. The van der Waals surface area contributed by atoms with Crippen molar-refractivity contribution in [2.75, 3.05) is 6.61 Å². The zero-order valence-electron chi connectivity index (χ0n) is 10.3. The van der Waals surface area contributed by atoms with Crippen LogP contribution in [0.3, 0.4) is 0 Å². The van der Waals surface area contributed by atoms with E-state index in [9.17, 15) is 13.2 Å². The molecule has 0 heterocycles. The maximum atomic E-state index is 11.8. The molecule has 0 aliphatic rings. The van der Waals surface area contributed by atoms with Gasteiger partial charge in [0.25, 0.3) is 0 Å². The smallest absolute Gasteiger partial charge is 0.339 e. The number of primary sulfonamides is 1. The van der Waals surface area contributed by atoms with Crippen LogP contribution in [0.15, 0.2) is 21.5 Å². The van der Waals surface area contributed by atoms with Crippen LogP contribution in [0.4, 0.5) is 0 Å². The molecule has 0 saturated heterocycles. The van der Waals surface area contributed by atoms with E-state index < -0.39 is 16.0 Å². The van der Waals surface area contributed by atoms with Gasteiger partial charge in [0, 0.05) is 4.47 Å². The monoisotopic (exact) mass is 369 g/mol. The van der Waals surface area contributed by atoms with E-state index >= 15 is 0 Å². The van der Waals surface area contributed by atoms with E-state index in [1.807, 2.05) is 13.8 Å². The van der Waals surface area contributed by atoms with E-state index in [0.717, 1.165) is 6.07 Å². The van der Waals surface area contributed by atoms with E-state index in [1.165, 1.54) is 6.07 Å². The van der Waals surface area contributed by atoms with E-state index in [-0.39, 0.29) is 32.5 Å². The van der Waals surface area contributed by atoms with Gasteiger partial charge < -0.3 is 4.74 Å². The summed E-state index contributed by atoms with van der Waals surface area (Å²) in [5.74, 6) is -0.521. The van der Waals surface area contributed by atoms with Crippen LogP contribution in [-0.2, 0) is 14.8 Å². The van der Waals surface area contributed by atoms with Crippen molar-refractivity contribution in [3.05, 3.63) is 27.2 Å². The first-order chi connectivity index (χ1) is 8.62. The van der Waals surface area contributed by atoms with Gasteiger partial charge in [-0.15, -0.1) is 0 Å². The summed E-state index contributed by atoms with van der Waals surface area (Å²) in [6.07, 6.45) is 0. The van der Waals surface area contributed by atoms with Crippen LogP contribution < -0.4 is 5.14 Å². The summed E-state index contributed by atoms with van der Waals surface area (Å²) in [7, 11) is -3.95. The van der Waals surface area contributed by atoms with Crippen LogP contribution in [0.1, 0.15) is 24.2 Å². The molecule has 5 nitrogen and oxygen atoms in total. The first kappa shape index (κ1) is 16.4. The van der Waals surface area contributed by atoms with Crippen molar-refractivity contribution in [3.63, 3.8) is 0 Å². The highest BCUT2D eigenvalue weighted by atomic mass is 79.9. The number of hydrogen-bond donors (Lipinski definition) is 1. The Morgan fingerprint density at radius 1 is 1.47 bits per heavy atom. The highest BCUT2D eigenvalue weighted by Crippen LogP contribution is 2.28. The Kier molecular flexibility index (Phi) is 5.37. The maximum absolute atomic E-state index is 11.8. The fourth-order valence-corrected chi connectivity index (χ4v) is 3.23. The molecular formula is C11H13BrClNO4S. The molecule has 1 aromatic rings. The number of rotatable bonds is 4. The lowest BCUT2D eigenvalue weighted by molar-refractivity contribution is 0.0459. The predicted octanol–water partition coefficient (Wildman–Crippen LogP) is 2.56. The molecule has 0 radical (unpaired) electrons. The van der Waals surface area contributed by atoms with Crippen LogP contribution >= 0.6 is 27.5 Å². The first-order valence-electron chi connectivity index (χ1n) is 5.32. The van der Waals surface area contributed by atoms with Crippen molar-refractivity contribution in [1.82, 2.24) is 0 Å². The number of nitrogens with two attached hydrogens (primary N) is 1. The minimum Gasteiger partial charge on any atom is -0.462 e. The van der Waals surface area contributed by atoms with Crippen LogP contribution in [0.5, 0.6) is 0 Å². The molecule has 0 aromatic heterocycles. The molecule has 1 aromatic carbocycles. The molecule has 0 saturated carbocycles. The van der Waals surface area contributed by atoms with Crippen LogP contribution in [0.2, 0.25) is 5.02 Å². The Balaban J connectivity index is 3.19. The number of halogens is 2. The lowest BCUT2D eigenvalue weighted by atomic mass is 10.2. The Labute approximate surface area is 125 Å². The molecule has 0 spiro atoms. The molecular weight excluding hydrogens is 358 g/mol. The van der Waals surface area contributed by atoms with Gasteiger partial charge in [-0.2, -0.15) is 0 Å². The minimum atomic E-state index is -3.95. The molecule has 0 unspecified atom stereocenters. The number of hydrogen-bond acceptors (Lipinski definition) is 4. The Bertz CT molecular complexity index is 601. The SMILES string of the molecule is CC(C)COC(=O)c1cc(S(N)(=O)=O)c(Br)cc1Cl. The number of carbonyl (C=O) groups excluding carboxylic acids is 1. The predicted molar refractivity (Wildman–Crippen MR) is 75.6 cm³/mol. The second-order valence-electron chi connectivity index (χ2n) is 4.30. The van der Waals surface area contributed by atoms with Crippen LogP contribution in [0, 0.1) is 5.92 Å². The maximum Gasteiger partial charge on any atom is 0.339 e. The molecule has 106 valence electrons. The molecule has 0 aliphatic carbocycles. The highest BCUT2D eigenvalue weighted by molar-refractivity contribution is 9.10. The highest BCUT2D eigenvalue weighted by Gasteiger charge is 2.20. The number of esters is 1. The van der Waals surface area contributed by atoms with Crippen molar-refractivity contribution >= 4 is 43.5 Å². The zero-order valence-corrected chi connectivity index (χ0v) is 13.5. The molecule has 0 atom stereocenters. The summed E-state index contributed by atoms with van der Waals surface area (Å²) in [5.41, 5.74) is -0.0328. The second kappa shape index (κ2) is 6.21. The van der Waals surface area contributed by atoms with Gasteiger partial charge in [-0.05, 0) is 34.0 Å². The lowest BCUT2D eigenvalue weighted by Gasteiger charge is -2.10. The number of sulfonamides is 1. The van der Waals surface area contributed by atoms with Gasteiger partial charge in [0.1, 0.15) is 0 Å². The van der Waals surface area contributed by atoms with E-state index in [1.54, 1.807) is 0 Å². The molecule has 2 N–H and O–H groups in total. The van der Waals surface area contributed by atoms with Gasteiger partial charge in [0.15, 0.2) is 0 Å². The van der Waals surface area contributed by atoms with E-state index in [4.69, 9.17) is 21.5 Å². The average Bonchev–Trinajstić information content (AvgIpc) is 2.24. The van der Waals surface area contributed by atoms with Crippen molar-refractivity contribution in [1.29, 1.82) is 0 Å². The Morgan fingerprint density at radius 2 is 2.05 bits per heavy atom. The molecule has 8 heteroatoms. The van der Waals surface area contributed by atoms with Gasteiger partial charge in [0.2, 0.25) is 10.0 Å². The third-order valence-electron chi connectivity index (χ3n) is 2.10. The van der Waals surface area contributed by atoms with Crippen LogP contribution in [-0.4, -0.2) is 21.0 Å². The van der Waals surface area contributed by atoms with Gasteiger partial charge in [-0.1, -0.05) is 25.4 Å². The van der Waals surface area contributed by atoms with Crippen molar-refractivity contribution < 1.29 is 17.9 Å². The Morgan fingerprint density at radius 3 is 2.53 bits per heavy atom. The molecule has 0 aliphatic heterocycles. The van der Waals surface area contributed by atoms with Gasteiger partial charge in [0.05, 0.1) is 22.1 Å². The Hall–Kier alpha value is -0.630. The fourth-order valence-electron chi connectivity index (χ4n) is 1.22. The topological polar surface area (TPSA) is 86.5 Å². The fraction of sp³-hybridized carbons (Fsp3) is 0.364. The minimum absolute atomic E-state index is 0.0328. The first-order valence-corrected chi connectivity index (χ1v) is 8.03. The quantitative estimate of drug-likeness (QED) is 0.825. The third kappa shape index (κ3) is 4.45. The van der Waals surface area contributed by atoms with Gasteiger partial charge >= 0.3 is 5.97 Å². The van der Waals surface area contributed by atoms with E-state index in [2.05, 4.69) is 15.9 Å². The summed E-state index contributed by atoms with van der Waals surface area (Å²) in [5, 5.41) is 5.14. The largest absolute Gasteiger partial charge is 0.462 e. The van der Waals surface area contributed by atoms with Crippen molar-refractivity contribution in [2.24, 2.45) is 11.1 Å². The summed E-state index contributed by atoms with van der Waals surface area (Å²) in [6.45, 7) is 3.98. The van der Waals surface area contributed by atoms with Gasteiger partial charge in [-0.25, -0.2) is 18.4 Å². The molecule has 0 amide bonds. The molecule has 19 heavy (non-hydrogen) atoms. The molecule has 0 bridgehead atoms. The van der Waals surface area contributed by atoms with Gasteiger partial charge in [-0.3, -0.25) is 0 Å². The van der Waals surface area contributed by atoms with Crippen molar-refractivity contribution in [2.45, 2.75) is 18.7 Å². The molecule has 0 fully saturated rings. The number of carbonyl (C=O) groups is 1. The normalized spacial score (nSPS) is 11.7. The summed E-state index contributed by atoms with van der Waals surface area (Å²) in [4.78, 5) is 11.6. The average molecular weight is 371 g/mol. The third-order valence-corrected chi connectivity index (χ3v) is 4.28.